The number of nitrogens with two attached hydrogens (primary N) is 1. The van der Waals surface area contributed by atoms with Gasteiger partial charge >= 0.3 is 0 Å². The molecular formula is C15H21N3O2. The Labute approximate surface area is 119 Å². The van der Waals surface area contributed by atoms with Crippen molar-refractivity contribution in [3.8, 4) is 0 Å². The number of piperazine rings is 1. The van der Waals surface area contributed by atoms with Gasteiger partial charge in [-0.15, -0.1) is 0 Å². The van der Waals surface area contributed by atoms with Crippen LogP contribution in [0.15, 0.2) is 30.3 Å². The summed E-state index contributed by atoms with van der Waals surface area (Å²) in [6.45, 7) is 4.72. The minimum absolute atomic E-state index is 0.0176. The van der Waals surface area contributed by atoms with E-state index in [1.54, 1.807) is 6.92 Å². The standard InChI is InChI=1S/C15H21N3O2/c1-12(15(16)20)11-14(19)18-9-7-17(8-10-18)13-5-3-2-4-6-13/h2-6,12H,7-11H2,1H3,(H2,16,20). The number of amides is 2. The molecule has 0 radical (unpaired) electrons. The molecule has 2 amide bonds. The normalized spacial score (nSPS) is 16.9. The molecule has 5 heteroatoms. The third kappa shape index (κ3) is 3.50. The minimum atomic E-state index is -0.415. The number of hydrogen-bond acceptors (Lipinski definition) is 3. The van der Waals surface area contributed by atoms with Crippen LogP contribution < -0.4 is 10.6 Å². The maximum Gasteiger partial charge on any atom is 0.223 e. The summed E-state index contributed by atoms with van der Waals surface area (Å²) in [7, 11) is 0. The van der Waals surface area contributed by atoms with E-state index in [0.717, 1.165) is 13.1 Å². The van der Waals surface area contributed by atoms with Gasteiger partial charge in [-0.1, -0.05) is 25.1 Å². The number of carbonyl (C=O) groups is 2. The Kier molecular flexibility index (Phi) is 4.61. The van der Waals surface area contributed by atoms with E-state index in [4.69, 9.17) is 5.73 Å². The molecule has 2 N–H and O–H groups in total. The van der Waals surface area contributed by atoms with Gasteiger partial charge in [-0.2, -0.15) is 0 Å². The van der Waals surface area contributed by atoms with E-state index in [-0.39, 0.29) is 12.3 Å². The quantitative estimate of drug-likeness (QED) is 0.885. The van der Waals surface area contributed by atoms with Gasteiger partial charge in [0.05, 0.1) is 0 Å². The van der Waals surface area contributed by atoms with Crippen molar-refractivity contribution >= 4 is 17.5 Å². The Morgan fingerprint density at radius 2 is 1.75 bits per heavy atom. The molecule has 108 valence electrons. The van der Waals surface area contributed by atoms with Crippen LogP contribution >= 0.6 is 0 Å². The second-order valence-electron chi connectivity index (χ2n) is 5.21. The van der Waals surface area contributed by atoms with Crippen molar-refractivity contribution in [2.45, 2.75) is 13.3 Å². The van der Waals surface area contributed by atoms with Crippen LogP contribution in [0.5, 0.6) is 0 Å². The molecule has 1 unspecified atom stereocenters. The van der Waals surface area contributed by atoms with Crippen molar-refractivity contribution in [3.05, 3.63) is 30.3 Å². The lowest BCUT2D eigenvalue weighted by Gasteiger charge is -2.36. The number of nitrogens with zero attached hydrogens (tertiary/aromatic N) is 2. The topological polar surface area (TPSA) is 66.6 Å². The summed E-state index contributed by atoms with van der Waals surface area (Å²) >= 11 is 0. The Balaban J connectivity index is 1.85. The predicted molar refractivity (Wildman–Crippen MR) is 78.2 cm³/mol. The number of primary amides is 1. The third-order valence-corrected chi connectivity index (χ3v) is 3.72. The first kappa shape index (κ1) is 14.4. The second-order valence-corrected chi connectivity index (χ2v) is 5.21. The summed E-state index contributed by atoms with van der Waals surface area (Å²) in [6, 6.07) is 10.2. The molecular weight excluding hydrogens is 254 g/mol. The summed E-state index contributed by atoms with van der Waals surface area (Å²) in [6.07, 6.45) is 0.209. The van der Waals surface area contributed by atoms with Gasteiger partial charge in [0.2, 0.25) is 11.8 Å². The first-order valence-corrected chi connectivity index (χ1v) is 6.95. The maximum absolute atomic E-state index is 12.1. The van der Waals surface area contributed by atoms with Crippen LogP contribution in [0, 0.1) is 5.92 Å². The van der Waals surface area contributed by atoms with Gasteiger partial charge in [-0.25, -0.2) is 0 Å². The molecule has 0 saturated carbocycles. The third-order valence-electron chi connectivity index (χ3n) is 3.72. The number of hydrogen-bond donors (Lipinski definition) is 1. The Hall–Kier alpha value is -2.04. The first-order chi connectivity index (χ1) is 9.58. The Morgan fingerprint density at radius 1 is 1.15 bits per heavy atom. The molecule has 0 aromatic heterocycles. The fourth-order valence-corrected chi connectivity index (χ4v) is 2.34. The number of carbonyl (C=O) groups excluding carboxylic acids is 2. The number of para-hydroxylation sites is 1. The molecule has 0 aliphatic carbocycles. The van der Waals surface area contributed by atoms with E-state index < -0.39 is 11.8 Å². The highest BCUT2D eigenvalue weighted by Crippen LogP contribution is 2.16. The second kappa shape index (κ2) is 6.41. The van der Waals surface area contributed by atoms with Crippen LogP contribution in [0.4, 0.5) is 5.69 Å². The molecule has 1 saturated heterocycles. The summed E-state index contributed by atoms with van der Waals surface area (Å²) in [5, 5.41) is 0. The monoisotopic (exact) mass is 275 g/mol. The van der Waals surface area contributed by atoms with Crippen LogP contribution in [0.1, 0.15) is 13.3 Å². The largest absolute Gasteiger partial charge is 0.369 e. The number of anilines is 1. The molecule has 0 spiro atoms. The van der Waals surface area contributed by atoms with Crippen molar-refractivity contribution in [1.82, 2.24) is 4.90 Å². The summed E-state index contributed by atoms with van der Waals surface area (Å²) < 4.78 is 0. The molecule has 1 aromatic rings. The van der Waals surface area contributed by atoms with E-state index in [9.17, 15) is 9.59 Å². The van der Waals surface area contributed by atoms with E-state index in [1.165, 1.54) is 5.69 Å². The molecule has 1 heterocycles. The van der Waals surface area contributed by atoms with Crippen molar-refractivity contribution in [2.24, 2.45) is 11.7 Å². The SMILES string of the molecule is CC(CC(=O)N1CCN(c2ccccc2)CC1)C(N)=O. The number of benzene rings is 1. The smallest absolute Gasteiger partial charge is 0.223 e. The van der Waals surface area contributed by atoms with Gasteiger partial charge in [0.1, 0.15) is 0 Å². The van der Waals surface area contributed by atoms with Crippen LogP contribution in [0.2, 0.25) is 0 Å². The molecule has 0 bridgehead atoms. The predicted octanol–water partition coefficient (Wildman–Crippen LogP) is 0.847. The van der Waals surface area contributed by atoms with E-state index >= 15 is 0 Å². The van der Waals surface area contributed by atoms with Gasteiger partial charge in [0.15, 0.2) is 0 Å². The molecule has 1 aliphatic heterocycles. The lowest BCUT2D eigenvalue weighted by atomic mass is 10.1. The summed E-state index contributed by atoms with van der Waals surface area (Å²) in [5.41, 5.74) is 6.38. The molecule has 1 aromatic carbocycles. The van der Waals surface area contributed by atoms with Crippen molar-refractivity contribution in [3.63, 3.8) is 0 Å². The fraction of sp³-hybridized carbons (Fsp3) is 0.467. The van der Waals surface area contributed by atoms with E-state index in [1.807, 2.05) is 23.1 Å². The van der Waals surface area contributed by atoms with E-state index in [2.05, 4.69) is 17.0 Å². The highest BCUT2D eigenvalue weighted by atomic mass is 16.2. The molecule has 5 nitrogen and oxygen atoms in total. The van der Waals surface area contributed by atoms with Crippen molar-refractivity contribution in [1.29, 1.82) is 0 Å². The van der Waals surface area contributed by atoms with Gasteiger partial charge in [0, 0.05) is 44.2 Å². The average Bonchev–Trinajstić information content (AvgIpc) is 2.48. The summed E-state index contributed by atoms with van der Waals surface area (Å²) in [5.74, 6) is -0.792. The zero-order chi connectivity index (χ0) is 14.5. The average molecular weight is 275 g/mol. The molecule has 20 heavy (non-hydrogen) atoms. The fourth-order valence-electron chi connectivity index (χ4n) is 2.34. The van der Waals surface area contributed by atoms with Crippen molar-refractivity contribution < 1.29 is 9.59 Å². The number of rotatable bonds is 4. The van der Waals surface area contributed by atoms with E-state index in [0.29, 0.717) is 13.1 Å². The minimum Gasteiger partial charge on any atom is -0.369 e. The Bertz CT molecular complexity index is 467. The zero-order valence-electron chi connectivity index (χ0n) is 11.8. The highest BCUT2D eigenvalue weighted by molar-refractivity contribution is 5.84. The van der Waals surface area contributed by atoms with Crippen LogP contribution in [0.3, 0.4) is 0 Å². The summed E-state index contributed by atoms with van der Waals surface area (Å²) in [4.78, 5) is 27.1. The zero-order valence-corrected chi connectivity index (χ0v) is 11.8. The maximum atomic E-state index is 12.1. The van der Waals surface area contributed by atoms with Gasteiger partial charge in [0.25, 0.3) is 0 Å². The molecule has 2 rings (SSSR count). The van der Waals surface area contributed by atoms with Crippen LogP contribution in [-0.2, 0) is 9.59 Å². The van der Waals surface area contributed by atoms with Gasteiger partial charge in [-0.3, -0.25) is 9.59 Å². The molecule has 1 fully saturated rings. The van der Waals surface area contributed by atoms with Crippen LogP contribution in [0.25, 0.3) is 0 Å². The van der Waals surface area contributed by atoms with Crippen molar-refractivity contribution in [2.75, 3.05) is 31.1 Å². The molecule has 1 aliphatic rings. The van der Waals surface area contributed by atoms with Gasteiger partial charge < -0.3 is 15.5 Å². The van der Waals surface area contributed by atoms with Gasteiger partial charge in [-0.05, 0) is 12.1 Å². The first-order valence-electron chi connectivity index (χ1n) is 6.95. The lowest BCUT2D eigenvalue weighted by molar-refractivity contribution is -0.135. The molecule has 1 atom stereocenters. The van der Waals surface area contributed by atoms with Crippen LogP contribution in [-0.4, -0.2) is 42.9 Å². The lowest BCUT2D eigenvalue weighted by Crippen LogP contribution is -2.49. The Morgan fingerprint density at radius 3 is 2.30 bits per heavy atom. The highest BCUT2D eigenvalue weighted by Gasteiger charge is 2.23.